The van der Waals surface area contributed by atoms with Gasteiger partial charge in [-0.05, 0) is 24.6 Å². The van der Waals surface area contributed by atoms with Crippen molar-refractivity contribution in [3.8, 4) is 17.2 Å². The molecule has 1 fully saturated rings. The van der Waals surface area contributed by atoms with Crippen LogP contribution in [0.1, 0.15) is 22.3 Å². The lowest BCUT2D eigenvalue weighted by atomic mass is 10.1. The van der Waals surface area contributed by atoms with Crippen LogP contribution >= 0.6 is 0 Å². The zero-order valence-electron chi connectivity index (χ0n) is 18.3. The van der Waals surface area contributed by atoms with Crippen molar-refractivity contribution in [3.05, 3.63) is 51.8 Å². The van der Waals surface area contributed by atoms with Crippen LogP contribution in [0.2, 0.25) is 0 Å². The zero-order chi connectivity index (χ0) is 23.3. The Morgan fingerprint density at radius 2 is 2.12 bits per heavy atom. The molecule has 0 aliphatic carbocycles. The maximum absolute atomic E-state index is 13.0. The van der Waals surface area contributed by atoms with E-state index in [4.69, 9.17) is 24.9 Å². The van der Waals surface area contributed by atoms with E-state index in [0.29, 0.717) is 41.9 Å². The quantitative estimate of drug-likeness (QED) is 0.591. The number of carbonyl (C=O) groups is 1. The van der Waals surface area contributed by atoms with Crippen LogP contribution in [0.3, 0.4) is 0 Å². The van der Waals surface area contributed by atoms with Gasteiger partial charge in [-0.1, -0.05) is 0 Å². The Balaban J connectivity index is 1.70. The number of fused-ring (bicyclic) bond motifs is 4. The molecule has 4 heterocycles. The van der Waals surface area contributed by atoms with Gasteiger partial charge in [-0.3, -0.25) is 4.79 Å². The fraction of sp³-hybridized carbons (Fsp3) is 0.348. The second-order valence-electron chi connectivity index (χ2n) is 8.28. The van der Waals surface area contributed by atoms with Crippen molar-refractivity contribution in [1.82, 2.24) is 9.55 Å². The van der Waals surface area contributed by atoms with E-state index in [1.165, 1.54) is 6.20 Å². The van der Waals surface area contributed by atoms with Crippen LogP contribution in [0.5, 0.6) is 17.2 Å². The number of ether oxygens (including phenoxy) is 3. The van der Waals surface area contributed by atoms with Gasteiger partial charge in [0, 0.05) is 30.4 Å². The van der Waals surface area contributed by atoms with Crippen LogP contribution in [-0.4, -0.2) is 60.1 Å². The molecule has 0 radical (unpaired) electrons. The van der Waals surface area contributed by atoms with Crippen LogP contribution in [0.15, 0.2) is 35.3 Å². The highest BCUT2D eigenvalue weighted by Crippen LogP contribution is 2.38. The van der Waals surface area contributed by atoms with Crippen molar-refractivity contribution in [2.75, 3.05) is 32.3 Å². The maximum atomic E-state index is 13.0. The Morgan fingerprint density at radius 3 is 2.85 bits per heavy atom. The minimum absolute atomic E-state index is 0.0159. The van der Waals surface area contributed by atoms with Gasteiger partial charge in [-0.25, -0.2) is 9.78 Å². The number of rotatable bonds is 5. The average Bonchev–Trinajstić information content (AvgIpc) is 3.20. The molecule has 0 bridgehead atoms. The van der Waals surface area contributed by atoms with E-state index < -0.39 is 11.4 Å². The van der Waals surface area contributed by atoms with Gasteiger partial charge < -0.3 is 34.5 Å². The number of hydrogen-bond donors (Lipinski definition) is 2. The first-order valence-electron chi connectivity index (χ1n) is 10.6. The molecule has 33 heavy (non-hydrogen) atoms. The summed E-state index contributed by atoms with van der Waals surface area (Å²) in [5, 5.41) is 9.83. The standard InChI is InChI=1S/C23H24N4O6/c1-31-15-4-3-12(18(6-15)32-2)8-26-10-17(23(29)30)20(28)16-7-19-22(25-21(16)26)27-9-13(24)5-14(27)11-33-19/h3-4,6-7,10,13-14H,5,8-9,11,24H2,1-2H3,(H,29,30)/t13-,14-/m0/s1. The third-order valence-corrected chi connectivity index (χ3v) is 6.21. The smallest absolute Gasteiger partial charge is 0.341 e. The Morgan fingerprint density at radius 1 is 1.30 bits per heavy atom. The van der Waals surface area contributed by atoms with Crippen molar-refractivity contribution in [2.45, 2.75) is 25.0 Å². The number of nitrogens with two attached hydrogens (primary N) is 1. The molecule has 0 amide bonds. The lowest BCUT2D eigenvalue weighted by molar-refractivity contribution is 0.0695. The van der Waals surface area contributed by atoms with Gasteiger partial charge >= 0.3 is 5.97 Å². The summed E-state index contributed by atoms with van der Waals surface area (Å²) in [7, 11) is 3.11. The number of pyridine rings is 2. The first-order chi connectivity index (χ1) is 15.9. The third kappa shape index (κ3) is 3.52. The van der Waals surface area contributed by atoms with Crippen LogP contribution in [0.4, 0.5) is 5.82 Å². The fourth-order valence-electron chi connectivity index (χ4n) is 4.59. The molecule has 10 heteroatoms. The first kappa shape index (κ1) is 21.1. The molecule has 10 nitrogen and oxygen atoms in total. The van der Waals surface area contributed by atoms with Crippen LogP contribution < -0.4 is 30.3 Å². The maximum Gasteiger partial charge on any atom is 0.341 e. The number of carboxylic acid groups (broad SMARTS) is 1. The minimum atomic E-state index is -1.30. The van der Waals surface area contributed by atoms with Crippen molar-refractivity contribution in [1.29, 1.82) is 0 Å². The van der Waals surface area contributed by atoms with Gasteiger partial charge in [-0.2, -0.15) is 0 Å². The monoisotopic (exact) mass is 452 g/mol. The molecule has 3 N–H and O–H groups in total. The van der Waals surface area contributed by atoms with E-state index >= 15 is 0 Å². The van der Waals surface area contributed by atoms with Gasteiger partial charge in [0.15, 0.2) is 11.6 Å². The number of hydrogen-bond acceptors (Lipinski definition) is 8. The molecule has 0 unspecified atom stereocenters. The molecule has 1 saturated heterocycles. The SMILES string of the molecule is COc1ccc(Cn2cc(C(=O)O)c(=O)c3cc4c(nc32)N2C[C@@H](N)C[C@H]2CO4)c(OC)c1. The number of anilines is 1. The van der Waals surface area contributed by atoms with E-state index in [1.54, 1.807) is 37.0 Å². The highest BCUT2D eigenvalue weighted by molar-refractivity contribution is 5.92. The van der Waals surface area contributed by atoms with Crippen molar-refractivity contribution >= 4 is 22.8 Å². The summed E-state index contributed by atoms with van der Waals surface area (Å²) in [6, 6.07) is 7.10. The van der Waals surface area contributed by atoms with Crippen LogP contribution in [-0.2, 0) is 6.54 Å². The Kier molecular flexibility index (Phi) is 5.09. The van der Waals surface area contributed by atoms with Crippen LogP contribution in [0.25, 0.3) is 11.0 Å². The molecule has 2 atom stereocenters. The Bertz CT molecular complexity index is 1320. The molecule has 0 saturated carbocycles. The van der Waals surface area contributed by atoms with E-state index in [-0.39, 0.29) is 29.6 Å². The molecular weight excluding hydrogens is 428 g/mol. The first-order valence-corrected chi connectivity index (χ1v) is 10.6. The second-order valence-corrected chi connectivity index (χ2v) is 8.28. The molecule has 0 spiro atoms. The third-order valence-electron chi connectivity index (χ3n) is 6.21. The summed E-state index contributed by atoms with van der Waals surface area (Å²) in [5.41, 5.74) is 6.36. The molecule has 172 valence electrons. The molecule has 2 aromatic heterocycles. The molecular formula is C23H24N4O6. The normalized spacial score (nSPS) is 19.1. The van der Waals surface area contributed by atoms with Gasteiger partial charge in [0.1, 0.15) is 29.3 Å². The molecule has 1 aromatic carbocycles. The lowest BCUT2D eigenvalue weighted by Gasteiger charge is -2.32. The van der Waals surface area contributed by atoms with Gasteiger partial charge in [-0.15, -0.1) is 0 Å². The van der Waals surface area contributed by atoms with Gasteiger partial charge in [0.05, 0.1) is 32.2 Å². The summed E-state index contributed by atoms with van der Waals surface area (Å²) in [4.78, 5) is 31.7. The van der Waals surface area contributed by atoms with Crippen molar-refractivity contribution in [2.24, 2.45) is 5.73 Å². The molecule has 2 aliphatic heterocycles. The molecule has 3 aromatic rings. The van der Waals surface area contributed by atoms with E-state index in [0.717, 1.165) is 12.0 Å². The number of nitrogens with zero attached hydrogens (tertiary/aromatic N) is 3. The highest BCUT2D eigenvalue weighted by atomic mass is 16.5. The molecule has 5 rings (SSSR count). The average molecular weight is 452 g/mol. The lowest BCUT2D eigenvalue weighted by Crippen LogP contribution is -2.39. The highest BCUT2D eigenvalue weighted by Gasteiger charge is 2.37. The topological polar surface area (TPSA) is 129 Å². The van der Waals surface area contributed by atoms with Crippen molar-refractivity contribution in [3.63, 3.8) is 0 Å². The van der Waals surface area contributed by atoms with E-state index in [1.807, 2.05) is 6.07 Å². The Hall–Kier alpha value is -3.79. The van der Waals surface area contributed by atoms with Crippen LogP contribution in [0, 0.1) is 0 Å². The summed E-state index contributed by atoms with van der Waals surface area (Å²) in [6.45, 7) is 1.33. The number of aromatic nitrogens is 2. The van der Waals surface area contributed by atoms with Crippen molar-refractivity contribution < 1.29 is 24.1 Å². The molecule has 2 aliphatic rings. The van der Waals surface area contributed by atoms with E-state index in [9.17, 15) is 14.7 Å². The zero-order valence-corrected chi connectivity index (χ0v) is 18.3. The largest absolute Gasteiger partial charge is 0.497 e. The Labute approximate surface area is 189 Å². The van der Waals surface area contributed by atoms with Gasteiger partial charge in [0.25, 0.3) is 0 Å². The summed E-state index contributed by atoms with van der Waals surface area (Å²) in [6.07, 6.45) is 2.12. The minimum Gasteiger partial charge on any atom is -0.497 e. The summed E-state index contributed by atoms with van der Waals surface area (Å²) in [5.74, 6) is 0.976. The van der Waals surface area contributed by atoms with Gasteiger partial charge in [0.2, 0.25) is 5.43 Å². The second kappa shape index (κ2) is 7.96. The number of aromatic carboxylic acids is 1. The number of carboxylic acids is 1. The number of methoxy groups -OCH3 is 2. The predicted octanol–water partition coefficient (Wildman–Crippen LogP) is 1.46. The van der Waals surface area contributed by atoms with E-state index in [2.05, 4.69) is 4.90 Å². The number of benzene rings is 1. The summed E-state index contributed by atoms with van der Waals surface area (Å²) < 4.78 is 18.3. The summed E-state index contributed by atoms with van der Waals surface area (Å²) >= 11 is 0. The predicted molar refractivity (Wildman–Crippen MR) is 121 cm³/mol. The fourth-order valence-corrected chi connectivity index (χ4v) is 4.59.